The van der Waals surface area contributed by atoms with Crippen molar-refractivity contribution in [3.63, 3.8) is 0 Å². The molecule has 2 rings (SSSR count). The maximum absolute atomic E-state index is 5.59. The summed E-state index contributed by atoms with van der Waals surface area (Å²) in [5, 5.41) is 4.16. The maximum atomic E-state index is 5.59. The van der Waals surface area contributed by atoms with Crippen LogP contribution in [0.1, 0.15) is 20.8 Å². The number of hydrogen-bond acceptors (Lipinski definition) is 3. The molecule has 2 aliphatic carbocycles. The van der Waals surface area contributed by atoms with Gasteiger partial charge in [-0.1, -0.05) is 36.5 Å². The molecule has 90 valence electrons. The number of rotatable bonds is 3. The van der Waals surface area contributed by atoms with Crippen molar-refractivity contribution in [1.82, 2.24) is 5.43 Å². The summed E-state index contributed by atoms with van der Waals surface area (Å²) in [6.45, 7) is 6.21. The van der Waals surface area contributed by atoms with Crippen LogP contribution in [0.5, 0.6) is 0 Å². The minimum absolute atomic E-state index is 0.130. The highest BCUT2D eigenvalue weighted by molar-refractivity contribution is 5.81. The van der Waals surface area contributed by atoms with Crippen LogP contribution in [0.3, 0.4) is 0 Å². The first-order valence-electron chi connectivity index (χ1n) is 6.03. The van der Waals surface area contributed by atoms with Gasteiger partial charge in [-0.25, -0.2) is 0 Å². The van der Waals surface area contributed by atoms with E-state index in [9.17, 15) is 0 Å². The van der Waals surface area contributed by atoms with Crippen LogP contribution >= 0.6 is 0 Å². The Morgan fingerprint density at radius 3 is 3.00 bits per heavy atom. The molecule has 0 aromatic carbocycles. The Hall–Kier alpha value is -1.53. The molecule has 17 heavy (non-hydrogen) atoms. The van der Waals surface area contributed by atoms with E-state index in [0.29, 0.717) is 17.8 Å². The van der Waals surface area contributed by atoms with Crippen LogP contribution in [-0.2, 0) is 0 Å². The van der Waals surface area contributed by atoms with Crippen LogP contribution < -0.4 is 11.2 Å². The van der Waals surface area contributed by atoms with E-state index in [2.05, 4.69) is 48.4 Å². The van der Waals surface area contributed by atoms with Gasteiger partial charge in [-0.3, -0.25) is 5.43 Å². The van der Waals surface area contributed by atoms with Gasteiger partial charge in [0.25, 0.3) is 0 Å². The third-order valence-electron chi connectivity index (χ3n) is 3.19. The van der Waals surface area contributed by atoms with Crippen molar-refractivity contribution in [2.24, 2.45) is 28.6 Å². The van der Waals surface area contributed by atoms with Crippen LogP contribution in [0.15, 0.2) is 28.4 Å². The van der Waals surface area contributed by atoms with E-state index in [0.717, 1.165) is 0 Å². The van der Waals surface area contributed by atoms with Gasteiger partial charge in [0.05, 0.1) is 18.3 Å². The van der Waals surface area contributed by atoms with E-state index < -0.39 is 0 Å². The maximum Gasteiger partial charge on any atom is 0.0880 e. The molecule has 0 unspecified atom stereocenters. The van der Waals surface area contributed by atoms with Gasteiger partial charge in [-0.2, -0.15) is 5.10 Å². The average molecular weight is 229 g/mol. The molecule has 0 fully saturated rings. The van der Waals surface area contributed by atoms with Crippen molar-refractivity contribution in [2.75, 3.05) is 0 Å². The Bertz CT molecular complexity index is 446. The summed E-state index contributed by atoms with van der Waals surface area (Å²) in [4.78, 5) is 0. The zero-order valence-corrected chi connectivity index (χ0v) is 10.6. The van der Waals surface area contributed by atoms with Crippen molar-refractivity contribution >= 4 is 6.21 Å². The smallest absolute Gasteiger partial charge is 0.0880 e. The van der Waals surface area contributed by atoms with Crippen LogP contribution in [-0.4, -0.2) is 12.4 Å². The van der Waals surface area contributed by atoms with Gasteiger partial charge in [0.15, 0.2) is 0 Å². The lowest BCUT2D eigenvalue weighted by atomic mass is 9.86. The summed E-state index contributed by atoms with van der Waals surface area (Å²) in [5.41, 5.74) is 10.9. The largest absolute Gasteiger partial charge is 0.311 e. The molecule has 0 saturated carbocycles. The van der Waals surface area contributed by atoms with Crippen LogP contribution in [0.25, 0.3) is 0 Å². The number of nitrogens with one attached hydrogen (secondary N) is 1. The minimum Gasteiger partial charge on any atom is -0.311 e. The average Bonchev–Trinajstić information content (AvgIpc) is 2.52. The van der Waals surface area contributed by atoms with E-state index in [1.807, 2.05) is 13.1 Å². The first-order valence-corrected chi connectivity index (χ1v) is 6.03. The second-order valence-electron chi connectivity index (χ2n) is 4.88. The molecule has 3 N–H and O–H groups in total. The Morgan fingerprint density at radius 2 is 2.29 bits per heavy atom. The predicted octanol–water partition coefficient (Wildman–Crippen LogP) is 1.64. The fourth-order valence-corrected chi connectivity index (χ4v) is 2.27. The molecule has 0 radical (unpaired) electrons. The minimum atomic E-state index is -0.130. The molecular formula is C14H19N3. The van der Waals surface area contributed by atoms with Gasteiger partial charge in [0.2, 0.25) is 0 Å². The van der Waals surface area contributed by atoms with Crippen molar-refractivity contribution in [3.8, 4) is 11.8 Å². The molecule has 4 atom stereocenters. The summed E-state index contributed by atoms with van der Waals surface area (Å²) in [7, 11) is 0. The van der Waals surface area contributed by atoms with Crippen LogP contribution in [0.4, 0.5) is 0 Å². The third kappa shape index (κ3) is 2.59. The Morgan fingerprint density at radius 1 is 1.53 bits per heavy atom. The van der Waals surface area contributed by atoms with Crippen LogP contribution in [0.2, 0.25) is 0 Å². The molecule has 0 saturated heterocycles. The summed E-state index contributed by atoms with van der Waals surface area (Å²) in [6, 6.07) is 0. The van der Waals surface area contributed by atoms with Crippen molar-refractivity contribution in [2.45, 2.75) is 26.9 Å². The van der Waals surface area contributed by atoms with E-state index in [1.54, 1.807) is 0 Å². The fraction of sp³-hybridized carbons (Fsp3) is 0.500. The van der Waals surface area contributed by atoms with Gasteiger partial charge in [0.1, 0.15) is 0 Å². The Balaban J connectivity index is 2.19. The first kappa shape index (κ1) is 11.9. The number of hydrogen-bond donors (Lipinski definition) is 2. The summed E-state index contributed by atoms with van der Waals surface area (Å²) in [6.07, 6.45) is 6.14. The fourth-order valence-electron chi connectivity index (χ4n) is 2.27. The lowest BCUT2D eigenvalue weighted by Crippen LogP contribution is -2.30. The SMILES string of the molecule is CC1=C[C@H]2C#C[C@@H](C(/C=N/N[C@@H](C)N)=C1)[C@H]2C. The standard InChI is InChI=1S/C14H19N3/c1-9-6-12-4-5-14(10(12)2)13(7-9)8-16-17-11(3)15/h6-8,10-12,14,17H,15H2,1-3H3/b16-8+/t10-,11-,12+,14+/m0/s1. The summed E-state index contributed by atoms with van der Waals surface area (Å²) >= 11 is 0. The molecule has 0 aliphatic heterocycles. The molecule has 0 aromatic heterocycles. The highest BCUT2D eigenvalue weighted by Gasteiger charge is 2.30. The third-order valence-corrected chi connectivity index (χ3v) is 3.19. The van der Waals surface area contributed by atoms with Gasteiger partial charge < -0.3 is 5.73 Å². The quantitative estimate of drug-likeness (QED) is 0.334. The highest BCUT2D eigenvalue weighted by Crippen LogP contribution is 2.35. The summed E-state index contributed by atoms with van der Waals surface area (Å²) < 4.78 is 0. The van der Waals surface area contributed by atoms with E-state index >= 15 is 0 Å². The second kappa shape index (κ2) is 4.77. The normalized spacial score (nSPS) is 32.4. The van der Waals surface area contributed by atoms with Crippen LogP contribution in [0, 0.1) is 29.6 Å². The van der Waals surface area contributed by atoms with Crippen molar-refractivity contribution in [1.29, 1.82) is 0 Å². The molecule has 3 heteroatoms. The topological polar surface area (TPSA) is 50.4 Å². The zero-order chi connectivity index (χ0) is 12.4. The lowest BCUT2D eigenvalue weighted by molar-refractivity contribution is 0.468. The predicted molar refractivity (Wildman–Crippen MR) is 71.0 cm³/mol. The number of allylic oxidation sites excluding steroid dienone is 4. The molecule has 0 amide bonds. The number of nitrogens with zero attached hydrogens (tertiary/aromatic N) is 1. The Kier molecular flexibility index (Phi) is 3.35. The molecule has 0 aromatic rings. The number of fused-ring (bicyclic) bond motifs is 2. The van der Waals surface area contributed by atoms with E-state index in [4.69, 9.17) is 5.73 Å². The van der Waals surface area contributed by atoms with Gasteiger partial charge in [0, 0.05) is 5.92 Å². The number of nitrogens with two attached hydrogens (primary N) is 1. The second-order valence-corrected chi connectivity index (χ2v) is 4.88. The number of hydrazone groups is 1. The van der Waals surface area contributed by atoms with Gasteiger partial charge in [-0.05, 0) is 25.3 Å². The molecule has 2 aliphatic rings. The Labute approximate surface area is 103 Å². The summed E-state index contributed by atoms with van der Waals surface area (Å²) in [5.74, 6) is 7.80. The molecule has 3 nitrogen and oxygen atoms in total. The van der Waals surface area contributed by atoms with Gasteiger partial charge in [-0.15, -0.1) is 0 Å². The molecule has 0 spiro atoms. The van der Waals surface area contributed by atoms with Crippen molar-refractivity contribution in [3.05, 3.63) is 23.3 Å². The van der Waals surface area contributed by atoms with Crippen molar-refractivity contribution < 1.29 is 0 Å². The molecular weight excluding hydrogens is 210 g/mol. The molecule has 0 heterocycles. The van der Waals surface area contributed by atoms with Gasteiger partial charge >= 0.3 is 0 Å². The van der Waals surface area contributed by atoms with E-state index in [-0.39, 0.29) is 6.17 Å². The molecule has 2 bridgehead atoms. The zero-order valence-electron chi connectivity index (χ0n) is 10.6. The monoisotopic (exact) mass is 229 g/mol. The lowest BCUT2D eigenvalue weighted by Gasteiger charge is -2.16. The first-order chi connectivity index (χ1) is 8.08. The van der Waals surface area contributed by atoms with E-state index in [1.165, 1.54) is 11.1 Å². The highest BCUT2D eigenvalue weighted by atomic mass is 15.3.